The van der Waals surface area contributed by atoms with Crippen molar-refractivity contribution in [1.29, 1.82) is 0 Å². The number of allylic oxidation sites excluding steroid dienone is 3. The van der Waals surface area contributed by atoms with Crippen molar-refractivity contribution >= 4 is 5.97 Å². The Morgan fingerprint density at radius 2 is 2.00 bits per heavy atom. The van der Waals surface area contributed by atoms with E-state index in [-0.39, 0.29) is 5.92 Å². The molecule has 2 rings (SSSR count). The lowest BCUT2D eigenvalue weighted by atomic mass is 9.75. The van der Waals surface area contributed by atoms with E-state index in [1.807, 2.05) is 6.92 Å². The number of rotatable bonds is 13. The number of hydrogen-bond acceptors (Lipinski definition) is 3. The Hall–Kier alpha value is -1.13. The lowest BCUT2D eigenvalue weighted by molar-refractivity contribution is -0.141. The third kappa shape index (κ3) is 8.87. The normalized spacial score (nSPS) is 29.5. The van der Waals surface area contributed by atoms with Crippen molar-refractivity contribution in [2.24, 2.45) is 23.7 Å². The summed E-state index contributed by atoms with van der Waals surface area (Å²) in [6, 6.07) is 0. The Labute approximate surface area is 202 Å². The van der Waals surface area contributed by atoms with Crippen LogP contribution in [0.1, 0.15) is 112 Å². The number of carboxylic acid groups (broad SMARTS) is 1. The van der Waals surface area contributed by atoms with Gasteiger partial charge in [-0.25, -0.2) is 0 Å². The van der Waals surface area contributed by atoms with Gasteiger partial charge in [0.2, 0.25) is 0 Å². The minimum atomic E-state index is -0.751. The maximum Gasteiger partial charge on any atom is 0.306 e. The monoisotopic (exact) mass is 462 g/mol. The van der Waals surface area contributed by atoms with Crippen LogP contribution in [0.4, 0.5) is 0 Å². The lowest BCUT2D eigenvalue weighted by Crippen LogP contribution is -2.41. The van der Waals surface area contributed by atoms with Gasteiger partial charge >= 0.3 is 5.97 Å². The number of carbonyl (C=O) groups is 1. The van der Waals surface area contributed by atoms with E-state index in [2.05, 4.69) is 39.8 Å². The molecule has 0 radical (unpaired) electrons. The first-order valence-electron chi connectivity index (χ1n) is 13.5. The van der Waals surface area contributed by atoms with Crippen molar-refractivity contribution in [3.63, 3.8) is 0 Å². The molecule has 190 valence electrons. The highest BCUT2D eigenvalue weighted by atomic mass is 16.5. The Morgan fingerprint density at radius 1 is 1.30 bits per heavy atom. The standard InChI is InChI=1S/C29H50O4/c1-7-24(26-17-16-25-15-13-21(3)23(5)27(25)33-26)14-12-20(2)10-8-18-29(6,32)19-9-11-22(4)28(30)31/h12,15,21-24,26-27,32H,7-11,13-14,16-19H2,1-6H3,(H,30,31)/b20-12+. The average molecular weight is 463 g/mol. The van der Waals surface area contributed by atoms with Gasteiger partial charge in [0, 0.05) is 0 Å². The van der Waals surface area contributed by atoms with E-state index in [0.717, 1.165) is 44.9 Å². The van der Waals surface area contributed by atoms with Gasteiger partial charge in [0.1, 0.15) is 0 Å². The van der Waals surface area contributed by atoms with Gasteiger partial charge in [-0.1, -0.05) is 51.8 Å². The van der Waals surface area contributed by atoms with Gasteiger partial charge in [-0.2, -0.15) is 0 Å². The molecule has 0 saturated carbocycles. The molecule has 4 heteroatoms. The summed E-state index contributed by atoms with van der Waals surface area (Å²) < 4.78 is 6.69. The molecular formula is C29H50O4. The van der Waals surface area contributed by atoms with Crippen molar-refractivity contribution in [1.82, 2.24) is 0 Å². The molecule has 0 amide bonds. The fourth-order valence-corrected chi connectivity index (χ4v) is 5.49. The van der Waals surface area contributed by atoms with Gasteiger partial charge in [-0.3, -0.25) is 4.79 Å². The maximum atomic E-state index is 10.9. The van der Waals surface area contributed by atoms with Crippen LogP contribution in [0.2, 0.25) is 0 Å². The summed E-state index contributed by atoms with van der Waals surface area (Å²) in [4.78, 5) is 10.9. The van der Waals surface area contributed by atoms with Crippen LogP contribution in [-0.2, 0) is 9.53 Å². The van der Waals surface area contributed by atoms with E-state index in [1.54, 1.807) is 12.5 Å². The maximum absolute atomic E-state index is 10.9. The summed E-state index contributed by atoms with van der Waals surface area (Å²) in [6.07, 6.45) is 16.1. The van der Waals surface area contributed by atoms with Gasteiger partial charge in [-0.15, -0.1) is 0 Å². The predicted molar refractivity (Wildman–Crippen MR) is 136 cm³/mol. The van der Waals surface area contributed by atoms with Crippen molar-refractivity contribution in [3.8, 4) is 0 Å². The molecular weight excluding hydrogens is 412 g/mol. The number of ether oxygens (including phenoxy) is 1. The minimum absolute atomic E-state index is 0.326. The molecule has 2 aliphatic rings. The van der Waals surface area contributed by atoms with E-state index in [1.165, 1.54) is 18.4 Å². The molecule has 1 heterocycles. The van der Waals surface area contributed by atoms with Crippen LogP contribution >= 0.6 is 0 Å². The van der Waals surface area contributed by atoms with Gasteiger partial charge in [0.25, 0.3) is 0 Å². The first-order valence-corrected chi connectivity index (χ1v) is 13.5. The van der Waals surface area contributed by atoms with Gasteiger partial charge in [0.05, 0.1) is 23.7 Å². The number of aliphatic carboxylic acids is 1. The molecule has 0 spiro atoms. The van der Waals surface area contributed by atoms with Crippen LogP contribution in [-0.4, -0.2) is 34.0 Å². The summed E-state index contributed by atoms with van der Waals surface area (Å²) in [5.41, 5.74) is 2.24. The topological polar surface area (TPSA) is 66.8 Å². The predicted octanol–water partition coefficient (Wildman–Crippen LogP) is 7.31. The quantitative estimate of drug-likeness (QED) is 0.282. The van der Waals surface area contributed by atoms with Crippen molar-refractivity contribution in [3.05, 3.63) is 23.3 Å². The molecule has 4 nitrogen and oxygen atoms in total. The van der Waals surface area contributed by atoms with E-state index < -0.39 is 11.6 Å². The largest absolute Gasteiger partial charge is 0.481 e. The van der Waals surface area contributed by atoms with Gasteiger partial charge in [0.15, 0.2) is 0 Å². The molecule has 7 unspecified atom stereocenters. The van der Waals surface area contributed by atoms with Crippen LogP contribution in [0.5, 0.6) is 0 Å². The van der Waals surface area contributed by atoms with Crippen LogP contribution in [0.15, 0.2) is 23.3 Å². The number of carboxylic acids is 1. The van der Waals surface area contributed by atoms with Crippen molar-refractivity contribution in [2.45, 2.75) is 130 Å². The number of fused-ring (bicyclic) bond motifs is 1. The average Bonchev–Trinajstić information content (AvgIpc) is 2.76. The lowest BCUT2D eigenvalue weighted by Gasteiger charge is -2.43. The molecule has 1 aliphatic heterocycles. The second kappa shape index (κ2) is 13.1. The molecule has 0 aromatic rings. The highest BCUT2D eigenvalue weighted by Crippen LogP contribution is 2.40. The van der Waals surface area contributed by atoms with Crippen LogP contribution in [0.25, 0.3) is 0 Å². The Bertz CT molecular complexity index is 677. The minimum Gasteiger partial charge on any atom is -0.481 e. The Morgan fingerprint density at radius 3 is 2.67 bits per heavy atom. The van der Waals surface area contributed by atoms with E-state index in [9.17, 15) is 9.90 Å². The molecule has 0 bridgehead atoms. The second-order valence-corrected chi connectivity index (χ2v) is 11.4. The Balaban J connectivity index is 1.76. The summed E-state index contributed by atoms with van der Waals surface area (Å²) in [6.45, 7) is 12.8. The molecule has 2 N–H and O–H groups in total. The zero-order valence-corrected chi connectivity index (χ0v) is 22.1. The van der Waals surface area contributed by atoms with Crippen molar-refractivity contribution < 1.29 is 19.7 Å². The third-order valence-corrected chi connectivity index (χ3v) is 8.41. The van der Waals surface area contributed by atoms with Gasteiger partial charge in [-0.05, 0) is 101 Å². The zero-order valence-electron chi connectivity index (χ0n) is 22.1. The van der Waals surface area contributed by atoms with Crippen molar-refractivity contribution in [2.75, 3.05) is 0 Å². The van der Waals surface area contributed by atoms with E-state index in [0.29, 0.717) is 42.8 Å². The number of hydrogen-bond donors (Lipinski definition) is 2. The summed E-state index contributed by atoms with van der Waals surface area (Å²) in [7, 11) is 0. The molecule has 1 aliphatic carbocycles. The van der Waals surface area contributed by atoms with Crippen LogP contribution < -0.4 is 0 Å². The highest BCUT2D eigenvalue weighted by Gasteiger charge is 2.37. The SMILES string of the molecule is CCC(C/C=C(\C)CCCC(C)(O)CCCC(C)C(=O)O)C1CCC2=CCC(C)C(C)C2O1. The third-order valence-electron chi connectivity index (χ3n) is 8.41. The smallest absolute Gasteiger partial charge is 0.306 e. The zero-order chi connectivity index (χ0) is 24.6. The number of aliphatic hydroxyl groups is 1. The Kier molecular flexibility index (Phi) is 11.2. The molecule has 0 aromatic carbocycles. The summed E-state index contributed by atoms with van der Waals surface area (Å²) in [5, 5.41) is 19.7. The van der Waals surface area contributed by atoms with Crippen LogP contribution in [0, 0.1) is 23.7 Å². The summed E-state index contributed by atoms with van der Waals surface area (Å²) >= 11 is 0. The first kappa shape index (κ1) is 28.1. The molecule has 1 saturated heterocycles. The molecule has 33 heavy (non-hydrogen) atoms. The fraction of sp³-hybridized carbons (Fsp3) is 0.828. The van der Waals surface area contributed by atoms with E-state index in [4.69, 9.17) is 9.84 Å². The first-order chi connectivity index (χ1) is 15.5. The summed E-state index contributed by atoms with van der Waals surface area (Å²) in [5.74, 6) is 0.808. The van der Waals surface area contributed by atoms with Crippen LogP contribution in [0.3, 0.4) is 0 Å². The molecule has 1 fully saturated rings. The second-order valence-electron chi connectivity index (χ2n) is 11.4. The molecule has 0 aromatic heterocycles. The molecule has 7 atom stereocenters. The van der Waals surface area contributed by atoms with Gasteiger partial charge < -0.3 is 14.9 Å². The van der Waals surface area contributed by atoms with E-state index >= 15 is 0 Å². The fourth-order valence-electron chi connectivity index (χ4n) is 5.49. The highest BCUT2D eigenvalue weighted by molar-refractivity contribution is 5.69.